The Morgan fingerprint density at radius 1 is 1.50 bits per heavy atom. The summed E-state index contributed by atoms with van der Waals surface area (Å²) >= 11 is 0. The maximum absolute atomic E-state index is 11.5. The van der Waals surface area contributed by atoms with Crippen LogP contribution < -0.4 is 10.1 Å². The molecule has 0 saturated heterocycles. The second-order valence-electron chi connectivity index (χ2n) is 4.85. The summed E-state index contributed by atoms with van der Waals surface area (Å²) in [4.78, 5) is 25.5. The van der Waals surface area contributed by atoms with Crippen molar-refractivity contribution in [2.75, 3.05) is 13.2 Å². The molecule has 1 heterocycles. The largest absolute Gasteiger partial charge is 0.476 e. The van der Waals surface area contributed by atoms with Gasteiger partial charge in [0.25, 0.3) is 5.91 Å². The Morgan fingerprint density at radius 3 is 2.80 bits per heavy atom. The standard InChI is InChI=1S/C13H19N3O4/c1-9(2)6-7-14-12(17)8-20-11-5-4-10(3)15-13(11)16(18)19/h4-5,9H,6-8H2,1-3H3,(H,14,17). The van der Waals surface area contributed by atoms with Crippen molar-refractivity contribution in [1.29, 1.82) is 0 Å². The molecule has 20 heavy (non-hydrogen) atoms. The normalized spacial score (nSPS) is 10.4. The van der Waals surface area contributed by atoms with Crippen LogP contribution in [0.3, 0.4) is 0 Å². The lowest BCUT2D eigenvalue weighted by Crippen LogP contribution is -2.30. The number of nitrogens with one attached hydrogen (secondary N) is 1. The zero-order valence-corrected chi connectivity index (χ0v) is 11.9. The minimum absolute atomic E-state index is 0.000361. The van der Waals surface area contributed by atoms with Gasteiger partial charge in [0.15, 0.2) is 6.61 Å². The van der Waals surface area contributed by atoms with Gasteiger partial charge in [-0.2, -0.15) is 0 Å². The number of pyridine rings is 1. The topological polar surface area (TPSA) is 94.4 Å². The Balaban J connectivity index is 2.53. The third-order valence-corrected chi connectivity index (χ3v) is 2.55. The molecular formula is C13H19N3O4. The highest BCUT2D eigenvalue weighted by atomic mass is 16.6. The second-order valence-corrected chi connectivity index (χ2v) is 4.85. The molecule has 0 aromatic carbocycles. The number of carbonyl (C=O) groups is 1. The average molecular weight is 281 g/mol. The Labute approximate surface area is 117 Å². The summed E-state index contributed by atoms with van der Waals surface area (Å²) in [5.74, 6) is -0.182. The molecule has 0 aliphatic rings. The zero-order valence-electron chi connectivity index (χ0n) is 11.9. The van der Waals surface area contributed by atoms with E-state index in [0.717, 1.165) is 6.42 Å². The van der Waals surface area contributed by atoms with Gasteiger partial charge in [0.05, 0.1) is 0 Å². The maximum Gasteiger partial charge on any atom is 0.406 e. The predicted molar refractivity (Wildman–Crippen MR) is 73.6 cm³/mol. The first-order valence-electron chi connectivity index (χ1n) is 6.41. The van der Waals surface area contributed by atoms with Gasteiger partial charge < -0.3 is 20.2 Å². The molecular weight excluding hydrogens is 262 g/mol. The summed E-state index contributed by atoms with van der Waals surface area (Å²) < 4.78 is 5.16. The van der Waals surface area contributed by atoms with E-state index in [1.807, 2.05) is 0 Å². The van der Waals surface area contributed by atoms with Crippen LogP contribution in [0.25, 0.3) is 0 Å². The van der Waals surface area contributed by atoms with Gasteiger partial charge in [-0.1, -0.05) is 13.8 Å². The van der Waals surface area contributed by atoms with Crippen LogP contribution in [0.5, 0.6) is 5.75 Å². The maximum atomic E-state index is 11.5. The van der Waals surface area contributed by atoms with Crippen molar-refractivity contribution in [2.24, 2.45) is 5.92 Å². The summed E-state index contributed by atoms with van der Waals surface area (Å²) in [5.41, 5.74) is 0.519. The van der Waals surface area contributed by atoms with Gasteiger partial charge >= 0.3 is 5.82 Å². The SMILES string of the molecule is Cc1ccc(OCC(=O)NCCC(C)C)c([N+](=O)[O-])n1. The van der Waals surface area contributed by atoms with E-state index in [0.29, 0.717) is 18.2 Å². The van der Waals surface area contributed by atoms with Crippen LogP contribution in [0, 0.1) is 23.0 Å². The lowest BCUT2D eigenvalue weighted by molar-refractivity contribution is -0.390. The molecule has 1 N–H and O–H groups in total. The summed E-state index contributed by atoms with van der Waals surface area (Å²) in [6.07, 6.45) is 0.873. The number of hydrogen-bond acceptors (Lipinski definition) is 5. The van der Waals surface area contributed by atoms with Crippen molar-refractivity contribution in [3.05, 3.63) is 27.9 Å². The molecule has 1 amide bonds. The van der Waals surface area contributed by atoms with Crippen molar-refractivity contribution in [3.63, 3.8) is 0 Å². The van der Waals surface area contributed by atoms with Crippen molar-refractivity contribution in [2.45, 2.75) is 27.2 Å². The fraction of sp³-hybridized carbons (Fsp3) is 0.538. The average Bonchev–Trinajstić information content (AvgIpc) is 2.36. The molecule has 0 bridgehead atoms. The summed E-state index contributed by atoms with van der Waals surface area (Å²) in [6.45, 7) is 6.07. The molecule has 7 nitrogen and oxygen atoms in total. The van der Waals surface area contributed by atoms with Crippen molar-refractivity contribution >= 4 is 11.7 Å². The Bertz CT molecular complexity index is 489. The van der Waals surface area contributed by atoms with Gasteiger partial charge in [0, 0.05) is 13.5 Å². The zero-order chi connectivity index (χ0) is 15.1. The lowest BCUT2D eigenvalue weighted by Gasteiger charge is -2.08. The van der Waals surface area contributed by atoms with E-state index in [4.69, 9.17) is 4.74 Å². The third kappa shape index (κ3) is 5.21. The van der Waals surface area contributed by atoms with Crippen molar-refractivity contribution < 1.29 is 14.5 Å². The number of amides is 1. The summed E-state index contributed by atoms with van der Waals surface area (Å²) in [6, 6.07) is 3.04. The van der Waals surface area contributed by atoms with Crippen molar-refractivity contribution in [3.8, 4) is 5.75 Å². The minimum Gasteiger partial charge on any atom is -0.476 e. The van der Waals surface area contributed by atoms with E-state index >= 15 is 0 Å². The molecule has 0 radical (unpaired) electrons. The second kappa shape index (κ2) is 7.42. The molecule has 110 valence electrons. The Hall–Kier alpha value is -2.18. The van der Waals surface area contributed by atoms with E-state index in [-0.39, 0.29) is 24.1 Å². The minimum atomic E-state index is -0.626. The predicted octanol–water partition coefficient (Wildman–Crippen LogP) is 1.84. The fourth-order valence-electron chi connectivity index (χ4n) is 1.47. The van der Waals surface area contributed by atoms with Crippen LogP contribution in [0.4, 0.5) is 5.82 Å². The van der Waals surface area contributed by atoms with Crippen LogP contribution in [0.2, 0.25) is 0 Å². The van der Waals surface area contributed by atoms with Gasteiger partial charge in [-0.25, -0.2) is 0 Å². The Morgan fingerprint density at radius 2 is 2.20 bits per heavy atom. The molecule has 0 aliphatic heterocycles. The smallest absolute Gasteiger partial charge is 0.406 e. The molecule has 0 atom stereocenters. The molecule has 7 heteroatoms. The molecule has 1 aromatic rings. The first kappa shape index (κ1) is 15.9. The quantitative estimate of drug-likeness (QED) is 0.608. The van der Waals surface area contributed by atoms with E-state index in [1.165, 1.54) is 6.07 Å². The fourth-order valence-corrected chi connectivity index (χ4v) is 1.47. The van der Waals surface area contributed by atoms with E-state index in [1.54, 1.807) is 13.0 Å². The van der Waals surface area contributed by atoms with Gasteiger partial charge in [-0.3, -0.25) is 4.79 Å². The van der Waals surface area contributed by atoms with E-state index in [2.05, 4.69) is 24.1 Å². The lowest BCUT2D eigenvalue weighted by atomic mass is 10.1. The number of hydrogen-bond donors (Lipinski definition) is 1. The molecule has 0 unspecified atom stereocenters. The molecule has 0 fully saturated rings. The molecule has 0 spiro atoms. The van der Waals surface area contributed by atoms with Gasteiger partial charge in [-0.15, -0.1) is 0 Å². The van der Waals surface area contributed by atoms with Crippen LogP contribution in [-0.2, 0) is 4.79 Å². The number of nitro groups is 1. The van der Waals surface area contributed by atoms with Gasteiger partial charge in [0.2, 0.25) is 5.75 Å². The monoisotopic (exact) mass is 281 g/mol. The number of nitrogens with zero attached hydrogens (tertiary/aromatic N) is 2. The van der Waals surface area contributed by atoms with E-state index in [9.17, 15) is 14.9 Å². The number of rotatable bonds is 7. The van der Waals surface area contributed by atoms with Crippen LogP contribution in [0.15, 0.2) is 12.1 Å². The van der Waals surface area contributed by atoms with Gasteiger partial charge in [-0.05, 0) is 34.4 Å². The van der Waals surface area contributed by atoms with Crippen LogP contribution in [0.1, 0.15) is 26.0 Å². The number of aromatic nitrogens is 1. The first-order chi connectivity index (χ1) is 9.40. The summed E-state index contributed by atoms with van der Waals surface area (Å²) in [5, 5.41) is 13.5. The number of aryl methyl sites for hydroxylation is 1. The molecule has 0 saturated carbocycles. The van der Waals surface area contributed by atoms with Crippen LogP contribution >= 0.6 is 0 Å². The third-order valence-electron chi connectivity index (χ3n) is 2.55. The van der Waals surface area contributed by atoms with Gasteiger partial charge in [0.1, 0.15) is 5.69 Å². The first-order valence-corrected chi connectivity index (χ1v) is 6.41. The Kier molecular flexibility index (Phi) is 5.89. The van der Waals surface area contributed by atoms with Crippen molar-refractivity contribution in [1.82, 2.24) is 10.3 Å². The highest BCUT2D eigenvalue weighted by Crippen LogP contribution is 2.24. The highest BCUT2D eigenvalue weighted by Gasteiger charge is 2.18. The number of carbonyl (C=O) groups excluding carboxylic acids is 1. The highest BCUT2D eigenvalue weighted by molar-refractivity contribution is 5.77. The number of ether oxygens (including phenoxy) is 1. The molecule has 1 rings (SSSR count). The van der Waals surface area contributed by atoms with Crippen LogP contribution in [-0.4, -0.2) is 29.0 Å². The molecule has 1 aromatic heterocycles. The molecule has 0 aliphatic carbocycles. The summed E-state index contributed by atoms with van der Waals surface area (Å²) in [7, 11) is 0. The van der Waals surface area contributed by atoms with E-state index < -0.39 is 4.92 Å².